The topological polar surface area (TPSA) is 119 Å². The fraction of sp³-hybridized carbons (Fsp3) is 0.240. The van der Waals surface area contributed by atoms with Crippen LogP contribution < -0.4 is 20.9 Å². The van der Waals surface area contributed by atoms with Gasteiger partial charge in [-0.1, -0.05) is 29.8 Å². The molecule has 0 bridgehead atoms. The summed E-state index contributed by atoms with van der Waals surface area (Å²) < 4.78 is 12.1. The van der Waals surface area contributed by atoms with Crippen LogP contribution >= 0.6 is 0 Å². The second kappa shape index (κ2) is 11.0. The van der Waals surface area contributed by atoms with Crippen LogP contribution in [0, 0.1) is 6.92 Å². The molecule has 1 heterocycles. The van der Waals surface area contributed by atoms with Gasteiger partial charge in [0.2, 0.25) is 0 Å². The number of esters is 1. The fourth-order valence-electron chi connectivity index (χ4n) is 3.19. The van der Waals surface area contributed by atoms with Crippen LogP contribution in [0.4, 0.5) is 10.5 Å². The molecule has 1 unspecified atom stereocenters. The van der Waals surface area contributed by atoms with Gasteiger partial charge < -0.3 is 29.8 Å². The number of aromatic hydroxyl groups is 1. The average molecular weight is 466 g/mol. The molecule has 0 aliphatic heterocycles. The van der Waals surface area contributed by atoms with E-state index in [0.29, 0.717) is 17.1 Å². The van der Waals surface area contributed by atoms with Crippen LogP contribution in [0.1, 0.15) is 30.5 Å². The molecule has 0 saturated heterocycles. The monoisotopic (exact) mass is 465 g/mol. The Hall–Kier alpha value is -4.27. The number of hydrogen-bond acceptors (Lipinski definition) is 6. The molecular weight excluding hydrogens is 438 g/mol. The Morgan fingerprint density at radius 3 is 2.26 bits per heavy atom. The highest BCUT2D eigenvalue weighted by Crippen LogP contribution is 2.25. The quantitative estimate of drug-likeness (QED) is 0.433. The van der Waals surface area contributed by atoms with Crippen molar-refractivity contribution in [1.29, 1.82) is 0 Å². The Kier molecular flexibility index (Phi) is 7.92. The minimum absolute atomic E-state index is 0.127. The van der Waals surface area contributed by atoms with Gasteiger partial charge in [-0.3, -0.25) is 9.59 Å². The molecule has 0 aliphatic carbocycles. The first-order chi connectivity index (χ1) is 16.3. The molecule has 178 valence electrons. The number of hydrogen-bond donors (Lipinski definition) is 3. The van der Waals surface area contributed by atoms with Crippen molar-refractivity contribution in [3.05, 3.63) is 82.3 Å². The lowest BCUT2D eigenvalue weighted by Gasteiger charge is -2.19. The maximum Gasteiger partial charge on any atom is 0.319 e. The molecule has 0 saturated carbocycles. The summed E-state index contributed by atoms with van der Waals surface area (Å²) in [6.07, 6.45) is 1.25. The van der Waals surface area contributed by atoms with Crippen molar-refractivity contribution >= 4 is 17.7 Å². The number of amides is 2. The summed E-state index contributed by atoms with van der Waals surface area (Å²) in [5, 5.41) is 15.0. The molecule has 0 aliphatic rings. The highest BCUT2D eigenvalue weighted by atomic mass is 16.5. The van der Waals surface area contributed by atoms with E-state index in [2.05, 4.69) is 10.6 Å². The number of nitrogens with one attached hydrogen (secondary N) is 2. The van der Waals surface area contributed by atoms with Gasteiger partial charge in [-0.15, -0.1) is 0 Å². The molecule has 9 heteroatoms. The van der Waals surface area contributed by atoms with Crippen molar-refractivity contribution < 1.29 is 24.2 Å². The summed E-state index contributed by atoms with van der Waals surface area (Å²) in [7, 11) is 1.49. The third-order valence-corrected chi connectivity index (χ3v) is 5.01. The van der Waals surface area contributed by atoms with Gasteiger partial charge in [0, 0.05) is 13.2 Å². The number of urea groups is 1. The predicted octanol–water partition coefficient (Wildman–Crippen LogP) is 4.01. The van der Waals surface area contributed by atoms with Gasteiger partial charge in [0.25, 0.3) is 5.56 Å². The third kappa shape index (κ3) is 6.38. The van der Waals surface area contributed by atoms with E-state index in [0.717, 1.165) is 5.56 Å². The fourth-order valence-corrected chi connectivity index (χ4v) is 3.19. The first-order valence-corrected chi connectivity index (χ1v) is 10.7. The number of ether oxygens (including phenoxy) is 2. The van der Waals surface area contributed by atoms with Gasteiger partial charge in [-0.05, 0) is 49.7 Å². The summed E-state index contributed by atoms with van der Waals surface area (Å²) >= 11 is 0. The Bertz CT molecular complexity index is 1200. The molecule has 2 amide bonds. The summed E-state index contributed by atoms with van der Waals surface area (Å²) in [4.78, 5) is 37.0. The lowest BCUT2D eigenvalue weighted by atomic mass is 10.0. The molecule has 34 heavy (non-hydrogen) atoms. The van der Waals surface area contributed by atoms with Crippen LogP contribution in [-0.4, -0.2) is 28.3 Å². The van der Waals surface area contributed by atoms with Crippen LogP contribution in [0.25, 0.3) is 0 Å². The standard InChI is InChI=1S/C25H27N3O6/c1-4-33-22(30)15-20(26-25(32)27-23-21(29)13-14-28(3)24(23)31)17-7-11-19(12-8-17)34-18-9-5-16(2)6-10-18/h5-14,20,29H,4,15H2,1-3H3,(H2,26,27,32). The summed E-state index contributed by atoms with van der Waals surface area (Å²) in [5.41, 5.74) is 0.911. The number of rotatable bonds is 8. The van der Waals surface area contributed by atoms with E-state index in [1.165, 1.54) is 23.9 Å². The van der Waals surface area contributed by atoms with Gasteiger partial charge >= 0.3 is 12.0 Å². The van der Waals surface area contributed by atoms with E-state index in [-0.39, 0.29) is 24.5 Å². The zero-order chi connectivity index (χ0) is 24.7. The SMILES string of the molecule is CCOC(=O)CC(NC(=O)Nc1c(O)ccn(C)c1=O)c1ccc(Oc2ccc(C)cc2)cc1. The largest absolute Gasteiger partial charge is 0.505 e. The van der Waals surface area contributed by atoms with Crippen molar-refractivity contribution in [3.8, 4) is 17.2 Å². The Morgan fingerprint density at radius 1 is 1.03 bits per heavy atom. The van der Waals surface area contributed by atoms with E-state index in [9.17, 15) is 19.5 Å². The minimum Gasteiger partial charge on any atom is -0.505 e. The average Bonchev–Trinajstić information content (AvgIpc) is 2.81. The molecule has 0 fully saturated rings. The van der Waals surface area contributed by atoms with Crippen molar-refractivity contribution in [2.24, 2.45) is 7.05 Å². The second-order valence-corrected chi connectivity index (χ2v) is 7.64. The van der Waals surface area contributed by atoms with Crippen molar-refractivity contribution in [2.45, 2.75) is 26.3 Å². The van der Waals surface area contributed by atoms with E-state index in [1.54, 1.807) is 31.2 Å². The van der Waals surface area contributed by atoms with E-state index in [4.69, 9.17) is 9.47 Å². The predicted molar refractivity (Wildman–Crippen MR) is 127 cm³/mol. The molecule has 3 aromatic rings. The first-order valence-electron chi connectivity index (χ1n) is 10.7. The zero-order valence-corrected chi connectivity index (χ0v) is 19.2. The number of anilines is 1. The van der Waals surface area contributed by atoms with Gasteiger partial charge in [-0.2, -0.15) is 0 Å². The number of pyridine rings is 1. The van der Waals surface area contributed by atoms with Crippen LogP contribution in [0.3, 0.4) is 0 Å². The van der Waals surface area contributed by atoms with Crippen molar-refractivity contribution in [2.75, 3.05) is 11.9 Å². The number of carbonyl (C=O) groups is 2. The van der Waals surface area contributed by atoms with Crippen LogP contribution in [0.2, 0.25) is 0 Å². The van der Waals surface area contributed by atoms with Gasteiger partial charge in [-0.25, -0.2) is 4.79 Å². The lowest BCUT2D eigenvalue weighted by Crippen LogP contribution is -2.36. The molecule has 1 atom stereocenters. The van der Waals surface area contributed by atoms with Crippen LogP contribution in [-0.2, 0) is 16.6 Å². The molecule has 0 radical (unpaired) electrons. The normalized spacial score (nSPS) is 11.4. The molecular formula is C25H27N3O6. The van der Waals surface area contributed by atoms with Crippen molar-refractivity contribution in [1.82, 2.24) is 9.88 Å². The number of benzene rings is 2. The van der Waals surface area contributed by atoms with E-state index >= 15 is 0 Å². The summed E-state index contributed by atoms with van der Waals surface area (Å²) in [5.74, 6) is 0.414. The highest BCUT2D eigenvalue weighted by molar-refractivity contribution is 5.91. The Balaban J connectivity index is 1.76. The van der Waals surface area contributed by atoms with Crippen LogP contribution in [0.15, 0.2) is 65.6 Å². The van der Waals surface area contributed by atoms with Crippen molar-refractivity contribution in [3.63, 3.8) is 0 Å². The maximum atomic E-state index is 12.6. The number of aryl methyl sites for hydroxylation is 2. The molecule has 3 rings (SSSR count). The molecule has 0 spiro atoms. The highest BCUT2D eigenvalue weighted by Gasteiger charge is 2.21. The van der Waals surface area contributed by atoms with Crippen LogP contribution in [0.5, 0.6) is 17.2 Å². The van der Waals surface area contributed by atoms with Gasteiger partial charge in [0.15, 0.2) is 5.69 Å². The number of carbonyl (C=O) groups excluding carboxylic acids is 2. The molecule has 3 N–H and O–H groups in total. The molecule has 1 aromatic heterocycles. The smallest absolute Gasteiger partial charge is 0.319 e. The Labute approximate surface area is 197 Å². The second-order valence-electron chi connectivity index (χ2n) is 7.64. The zero-order valence-electron chi connectivity index (χ0n) is 19.2. The molecule has 9 nitrogen and oxygen atoms in total. The van der Waals surface area contributed by atoms with E-state index in [1.807, 2.05) is 31.2 Å². The van der Waals surface area contributed by atoms with Gasteiger partial charge in [0.05, 0.1) is 19.1 Å². The summed E-state index contributed by atoms with van der Waals surface area (Å²) in [6.45, 7) is 3.88. The summed E-state index contributed by atoms with van der Waals surface area (Å²) in [6, 6.07) is 14.3. The van der Waals surface area contributed by atoms with Gasteiger partial charge in [0.1, 0.15) is 17.2 Å². The maximum absolute atomic E-state index is 12.6. The lowest BCUT2D eigenvalue weighted by molar-refractivity contribution is -0.143. The number of aromatic nitrogens is 1. The third-order valence-electron chi connectivity index (χ3n) is 5.01. The van der Waals surface area contributed by atoms with E-state index < -0.39 is 23.6 Å². The minimum atomic E-state index is -0.757. The Morgan fingerprint density at radius 2 is 1.65 bits per heavy atom. The molecule has 2 aromatic carbocycles. The first kappa shape index (κ1) is 24.4. The number of nitrogens with zero attached hydrogens (tertiary/aromatic N) is 1.